The number of phenolic OH excluding ortho intramolecular Hbond substituents is 1. The standard InChI is InChI=1S/C25H22N3O5S2.Mo/c1-35(32,33)21-15-17-14-20(34(30)31)24(28-27-18-10-6-3-7-11-18)25(29)22(17)23(26)19(21)13-12-16-8-4-2-5-9-16;/h2-11,14-15,29H,12-13,26H2,1H3;/q-1;. The number of hydrogen-bond acceptors (Lipinski definition) is 9. The van der Waals surface area contributed by atoms with Gasteiger partial charge in [0.1, 0.15) is 5.69 Å². The molecule has 0 fully saturated rings. The third-order valence-corrected chi connectivity index (χ3v) is 7.39. The van der Waals surface area contributed by atoms with Crippen molar-refractivity contribution < 1.29 is 43.0 Å². The predicted octanol–water partition coefficient (Wildman–Crippen LogP) is 5.40. The average molecular weight is 605 g/mol. The topological polar surface area (TPSA) is 139 Å². The van der Waals surface area contributed by atoms with Crippen molar-refractivity contribution in [3.63, 3.8) is 0 Å². The van der Waals surface area contributed by atoms with Crippen LogP contribution in [0, 0.1) is 0 Å². The van der Waals surface area contributed by atoms with Crippen molar-refractivity contribution in [2.75, 3.05) is 12.0 Å². The number of azo groups is 1. The summed E-state index contributed by atoms with van der Waals surface area (Å²) in [6.07, 6.45) is 1.88. The van der Waals surface area contributed by atoms with Crippen LogP contribution in [0.5, 0.6) is 5.75 Å². The second kappa shape index (κ2) is 11.3. The largest absolute Gasteiger partial charge is 0.505 e. The molecule has 4 aromatic carbocycles. The van der Waals surface area contributed by atoms with Crippen LogP contribution in [0.15, 0.2) is 92.8 Å². The minimum atomic E-state index is -3.71. The molecule has 0 spiro atoms. The Morgan fingerprint density at radius 3 is 2.11 bits per heavy atom. The summed E-state index contributed by atoms with van der Waals surface area (Å²) in [5.74, 6) is -0.486. The summed E-state index contributed by atoms with van der Waals surface area (Å²) in [6.45, 7) is 0. The van der Waals surface area contributed by atoms with Gasteiger partial charge in [-0.05, 0) is 63.2 Å². The number of nitrogen functional groups attached to an aromatic ring is 1. The minimum absolute atomic E-state index is 0. The van der Waals surface area contributed by atoms with Crippen LogP contribution in [-0.2, 0) is 62.9 Å². The summed E-state index contributed by atoms with van der Waals surface area (Å²) < 4.78 is 49.2. The fourth-order valence-electron chi connectivity index (χ4n) is 3.89. The van der Waals surface area contributed by atoms with Crippen molar-refractivity contribution in [3.05, 3.63) is 83.9 Å². The first-order valence-corrected chi connectivity index (χ1v) is 13.5. The van der Waals surface area contributed by atoms with Crippen LogP contribution in [-0.4, -0.2) is 19.8 Å². The van der Waals surface area contributed by atoms with Gasteiger partial charge in [-0.15, -0.1) is 5.11 Å². The summed E-state index contributed by atoms with van der Waals surface area (Å²) in [6, 6.07) is 20.7. The molecule has 11 heteroatoms. The van der Waals surface area contributed by atoms with E-state index in [9.17, 15) is 21.9 Å². The van der Waals surface area contributed by atoms with Gasteiger partial charge >= 0.3 is 0 Å². The van der Waals surface area contributed by atoms with Gasteiger partial charge in [-0.3, -0.25) is 0 Å². The molecule has 0 heterocycles. The number of phenols is 1. The zero-order chi connectivity index (χ0) is 25.2. The predicted molar refractivity (Wildman–Crippen MR) is 135 cm³/mol. The Morgan fingerprint density at radius 2 is 1.53 bits per heavy atom. The number of hydrogen-bond donors (Lipinski definition) is 2. The van der Waals surface area contributed by atoms with E-state index in [-0.39, 0.29) is 53.0 Å². The van der Waals surface area contributed by atoms with Crippen LogP contribution in [0.4, 0.5) is 17.1 Å². The number of sulfone groups is 1. The molecule has 0 saturated heterocycles. The minimum Gasteiger partial charge on any atom is -0.505 e. The number of benzene rings is 4. The van der Waals surface area contributed by atoms with E-state index in [1.165, 1.54) is 12.1 Å². The Labute approximate surface area is 225 Å². The fourth-order valence-corrected chi connectivity index (χ4v) is 5.41. The van der Waals surface area contributed by atoms with Gasteiger partial charge in [0, 0.05) is 38.4 Å². The summed E-state index contributed by atoms with van der Waals surface area (Å²) in [7, 11) is -6.50. The molecule has 0 unspecified atom stereocenters. The molecule has 3 N–H and O–H groups in total. The molecule has 0 aromatic heterocycles. The third kappa shape index (κ3) is 5.83. The van der Waals surface area contributed by atoms with Crippen molar-refractivity contribution >= 4 is 48.4 Å². The first-order valence-electron chi connectivity index (χ1n) is 10.6. The van der Waals surface area contributed by atoms with E-state index in [2.05, 4.69) is 10.2 Å². The Hall–Kier alpha value is -3.07. The average Bonchev–Trinajstić information content (AvgIpc) is 2.83. The molecule has 0 aliphatic heterocycles. The number of rotatable bonds is 7. The van der Waals surface area contributed by atoms with Gasteiger partial charge < -0.3 is 19.3 Å². The summed E-state index contributed by atoms with van der Waals surface area (Å²) >= 11 is 0. The van der Waals surface area contributed by atoms with Gasteiger partial charge in [-0.25, -0.2) is 8.42 Å². The first-order chi connectivity index (χ1) is 16.7. The molecular weight excluding hydrogens is 582 g/mol. The Balaban J connectivity index is 0.00000361. The smallest absolute Gasteiger partial charge is 0.175 e. The zero-order valence-corrected chi connectivity index (χ0v) is 22.8. The van der Waals surface area contributed by atoms with Gasteiger partial charge in [0.2, 0.25) is 0 Å². The van der Waals surface area contributed by atoms with Crippen LogP contribution in [0.25, 0.3) is 10.8 Å². The molecule has 0 radical (unpaired) electrons. The van der Waals surface area contributed by atoms with Crippen molar-refractivity contribution in [3.8, 4) is 5.75 Å². The second-order valence-electron chi connectivity index (χ2n) is 7.96. The number of aromatic hydroxyl groups is 1. The van der Waals surface area contributed by atoms with Gasteiger partial charge in [0.15, 0.2) is 15.6 Å². The van der Waals surface area contributed by atoms with Crippen molar-refractivity contribution in [2.45, 2.75) is 22.6 Å². The molecule has 4 rings (SSSR count). The van der Waals surface area contributed by atoms with Crippen LogP contribution in [0.3, 0.4) is 0 Å². The SMILES string of the molecule is CS(=O)(=O)c1cc2cc([S-](=O)=O)c(N=Nc3ccccc3)c(O)c2c(N)c1CCc1ccccc1.[Mo]. The number of aryl methyl sites for hydroxylation is 1. The fraction of sp³-hybridized carbons (Fsp3) is 0.120. The molecule has 186 valence electrons. The van der Waals surface area contributed by atoms with Gasteiger partial charge in [0.25, 0.3) is 0 Å². The molecule has 0 bridgehead atoms. The molecule has 4 aromatic rings. The van der Waals surface area contributed by atoms with E-state index in [1.54, 1.807) is 30.3 Å². The molecule has 8 nitrogen and oxygen atoms in total. The summed E-state index contributed by atoms with van der Waals surface area (Å²) in [5.41, 5.74) is 8.01. The van der Waals surface area contributed by atoms with Crippen LogP contribution in [0.1, 0.15) is 11.1 Å². The first kappa shape index (κ1) is 27.5. The van der Waals surface area contributed by atoms with Gasteiger partial charge in [0.05, 0.1) is 10.6 Å². The van der Waals surface area contributed by atoms with Crippen LogP contribution >= 0.6 is 0 Å². The van der Waals surface area contributed by atoms with E-state index in [0.717, 1.165) is 11.8 Å². The molecule has 0 aliphatic rings. The molecule has 0 amide bonds. The molecule has 0 aliphatic carbocycles. The Kier molecular flexibility index (Phi) is 8.66. The van der Waals surface area contributed by atoms with Crippen molar-refractivity contribution in [1.29, 1.82) is 0 Å². The van der Waals surface area contributed by atoms with E-state index in [4.69, 9.17) is 5.73 Å². The maximum atomic E-state index is 12.6. The number of anilines is 1. The maximum Gasteiger partial charge on any atom is 0.175 e. The number of nitrogens with zero attached hydrogens (tertiary/aromatic N) is 2. The molecular formula is C25H22MoN3O5S2-. The number of fused-ring (bicyclic) bond motifs is 1. The maximum absolute atomic E-state index is 12.6. The molecule has 0 saturated carbocycles. The zero-order valence-electron chi connectivity index (χ0n) is 19.1. The van der Waals surface area contributed by atoms with Crippen molar-refractivity contribution in [1.82, 2.24) is 0 Å². The van der Waals surface area contributed by atoms with E-state index in [1.807, 2.05) is 30.3 Å². The Bertz CT molecular complexity index is 1610. The second-order valence-corrected chi connectivity index (χ2v) is 10.9. The quantitative estimate of drug-likeness (QED) is 0.125. The van der Waals surface area contributed by atoms with Gasteiger partial charge in [-0.2, -0.15) is 5.11 Å². The third-order valence-electron chi connectivity index (χ3n) is 5.56. The summed E-state index contributed by atoms with van der Waals surface area (Å²) in [5, 5.41) is 19.4. The van der Waals surface area contributed by atoms with Crippen molar-refractivity contribution in [2.24, 2.45) is 10.2 Å². The van der Waals surface area contributed by atoms with Gasteiger partial charge in [-0.1, -0.05) is 54.6 Å². The normalized spacial score (nSPS) is 11.7. The van der Waals surface area contributed by atoms with Crippen LogP contribution < -0.4 is 5.73 Å². The van der Waals surface area contributed by atoms with E-state index >= 15 is 0 Å². The van der Waals surface area contributed by atoms with E-state index < -0.39 is 26.3 Å². The molecule has 0 atom stereocenters. The van der Waals surface area contributed by atoms with E-state index in [0.29, 0.717) is 24.1 Å². The summed E-state index contributed by atoms with van der Waals surface area (Å²) in [4.78, 5) is -0.343. The monoisotopic (exact) mass is 606 g/mol. The molecule has 36 heavy (non-hydrogen) atoms. The van der Waals surface area contributed by atoms with Crippen LogP contribution in [0.2, 0.25) is 0 Å². The number of nitrogens with two attached hydrogens (primary N) is 1. The Morgan fingerprint density at radius 1 is 0.917 bits per heavy atom.